The second-order valence-corrected chi connectivity index (χ2v) is 12.1. The smallest absolute Gasteiger partial charge is 0.370 e. The molecule has 1 heterocycles. The molecule has 0 radical (unpaired) electrons. The largest absolute Gasteiger partial charge is 0.405 e. The molecule has 1 amide bonds. The van der Waals surface area contributed by atoms with Gasteiger partial charge in [0.1, 0.15) is 6.54 Å². The average molecular weight is 572 g/mol. The minimum atomic E-state index is -4.51. The van der Waals surface area contributed by atoms with Gasteiger partial charge in [-0.2, -0.15) is 13.2 Å². The third-order valence-corrected chi connectivity index (χ3v) is 9.13. The summed E-state index contributed by atoms with van der Waals surface area (Å²) in [7, 11) is -3.68. The van der Waals surface area contributed by atoms with Crippen LogP contribution < -0.4 is 14.9 Å². The van der Waals surface area contributed by atoms with Crippen LogP contribution in [0.25, 0.3) is 11.1 Å². The highest BCUT2D eigenvalue weighted by molar-refractivity contribution is 7.89. The lowest BCUT2D eigenvalue weighted by Crippen LogP contribution is -2.37. The molecular weight excluding hydrogens is 539 g/mol. The molecule has 10 heteroatoms. The summed E-state index contributed by atoms with van der Waals surface area (Å²) in [6.07, 6.45) is -1.51. The predicted octanol–water partition coefficient (Wildman–Crippen LogP) is 5.38. The van der Waals surface area contributed by atoms with Crippen LogP contribution in [0.15, 0.2) is 71.6 Å². The SMILES string of the molecule is CCCCc1c(N2CCC(NS(=O)(=O)c3ccccc3)C2)ccc2c1C(C(=O)NCC(F)(F)F)c1ccccc1-2. The predicted molar refractivity (Wildman–Crippen MR) is 149 cm³/mol. The summed E-state index contributed by atoms with van der Waals surface area (Å²) in [5.41, 5.74) is 4.99. The van der Waals surface area contributed by atoms with Gasteiger partial charge in [-0.3, -0.25) is 4.79 Å². The highest BCUT2D eigenvalue weighted by atomic mass is 32.2. The van der Waals surface area contributed by atoms with Crippen molar-refractivity contribution in [3.05, 3.63) is 83.4 Å². The van der Waals surface area contributed by atoms with E-state index in [1.165, 1.54) is 0 Å². The molecule has 40 heavy (non-hydrogen) atoms. The van der Waals surface area contributed by atoms with Crippen LogP contribution in [0.4, 0.5) is 18.9 Å². The first-order valence-corrected chi connectivity index (χ1v) is 15.0. The standard InChI is InChI=1S/C30H32F3N3O3S/c1-2-3-11-25-26(36-17-16-20(18-36)35-40(38,39)21-9-5-4-6-10-21)15-14-24-22-12-7-8-13-23(22)28(27(24)25)29(37)34-19-30(31,32)33/h4-10,12-15,20,28,35H,2-3,11,16-19H2,1H3,(H,34,37). The number of carbonyl (C=O) groups excluding carboxylic acids is 1. The number of halogens is 3. The Morgan fingerprint density at radius 1 is 1.00 bits per heavy atom. The summed E-state index contributed by atoms with van der Waals surface area (Å²) in [6, 6.07) is 19.2. The molecule has 1 aliphatic heterocycles. The van der Waals surface area contributed by atoms with Gasteiger partial charge in [-0.05, 0) is 65.3 Å². The number of rotatable bonds is 9. The molecule has 6 nitrogen and oxygen atoms in total. The number of hydrogen-bond acceptors (Lipinski definition) is 4. The molecule has 212 valence electrons. The second kappa shape index (κ2) is 11.2. The van der Waals surface area contributed by atoms with Gasteiger partial charge in [0.25, 0.3) is 0 Å². The van der Waals surface area contributed by atoms with E-state index in [-0.39, 0.29) is 10.9 Å². The number of hydrogen-bond donors (Lipinski definition) is 2. The molecule has 2 aliphatic rings. The van der Waals surface area contributed by atoms with Crippen LogP contribution in [0.5, 0.6) is 0 Å². The third-order valence-electron chi connectivity index (χ3n) is 7.59. The van der Waals surface area contributed by atoms with E-state index in [1.807, 2.05) is 24.3 Å². The van der Waals surface area contributed by atoms with E-state index in [0.717, 1.165) is 40.8 Å². The van der Waals surface area contributed by atoms with E-state index in [9.17, 15) is 26.4 Å². The number of fused-ring (bicyclic) bond motifs is 3. The Labute approximate surface area is 232 Å². The maximum absolute atomic E-state index is 13.3. The molecule has 3 aromatic rings. The van der Waals surface area contributed by atoms with Gasteiger partial charge < -0.3 is 10.2 Å². The number of amides is 1. The Balaban J connectivity index is 1.48. The van der Waals surface area contributed by atoms with Crippen LogP contribution in [-0.4, -0.2) is 46.2 Å². The zero-order chi connectivity index (χ0) is 28.5. The molecule has 0 saturated carbocycles. The zero-order valence-corrected chi connectivity index (χ0v) is 23.0. The van der Waals surface area contributed by atoms with Crippen molar-refractivity contribution in [1.82, 2.24) is 10.0 Å². The Bertz CT molecular complexity index is 1490. The minimum absolute atomic E-state index is 0.208. The van der Waals surface area contributed by atoms with Gasteiger partial charge >= 0.3 is 6.18 Å². The van der Waals surface area contributed by atoms with Crippen molar-refractivity contribution >= 4 is 21.6 Å². The van der Waals surface area contributed by atoms with Gasteiger partial charge in [0, 0.05) is 24.8 Å². The lowest BCUT2D eigenvalue weighted by atomic mass is 9.88. The normalized spacial score (nSPS) is 18.4. The fourth-order valence-electron chi connectivity index (χ4n) is 5.80. The molecule has 2 unspecified atom stereocenters. The van der Waals surface area contributed by atoms with Gasteiger partial charge in [-0.25, -0.2) is 13.1 Å². The fourth-order valence-corrected chi connectivity index (χ4v) is 7.09. The summed E-state index contributed by atoms with van der Waals surface area (Å²) in [5.74, 6) is -1.52. The van der Waals surface area contributed by atoms with Crippen molar-refractivity contribution in [3.63, 3.8) is 0 Å². The van der Waals surface area contributed by atoms with Crippen molar-refractivity contribution in [2.45, 2.75) is 55.6 Å². The number of sulfonamides is 1. The highest BCUT2D eigenvalue weighted by Crippen LogP contribution is 2.49. The van der Waals surface area contributed by atoms with E-state index in [4.69, 9.17) is 0 Å². The van der Waals surface area contributed by atoms with Crippen LogP contribution in [0, 0.1) is 0 Å². The van der Waals surface area contributed by atoms with E-state index in [0.29, 0.717) is 31.5 Å². The molecule has 0 aromatic heterocycles. The summed E-state index contributed by atoms with van der Waals surface area (Å²) in [5, 5.41) is 2.11. The van der Waals surface area contributed by atoms with Gasteiger partial charge in [0.05, 0.1) is 10.8 Å². The number of anilines is 1. The third kappa shape index (κ3) is 5.74. The molecule has 1 fully saturated rings. The van der Waals surface area contributed by atoms with E-state index in [2.05, 4.69) is 21.9 Å². The minimum Gasteiger partial charge on any atom is -0.370 e. The van der Waals surface area contributed by atoms with Crippen molar-refractivity contribution in [2.24, 2.45) is 0 Å². The average Bonchev–Trinajstić information content (AvgIpc) is 3.52. The Kier molecular flexibility index (Phi) is 7.92. The first-order valence-electron chi connectivity index (χ1n) is 13.5. The molecule has 0 spiro atoms. The molecule has 2 atom stereocenters. The van der Waals surface area contributed by atoms with Crippen molar-refractivity contribution in [3.8, 4) is 11.1 Å². The monoisotopic (exact) mass is 571 g/mol. The maximum Gasteiger partial charge on any atom is 0.405 e. The molecule has 3 aromatic carbocycles. The molecule has 5 rings (SSSR count). The lowest BCUT2D eigenvalue weighted by Gasteiger charge is -2.26. The Morgan fingerprint density at radius 3 is 2.45 bits per heavy atom. The van der Waals surface area contributed by atoms with E-state index in [1.54, 1.807) is 42.5 Å². The molecule has 1 aliphatic carbocycles. The maximum atomic E-state index is 13.3. The number of unbranched alkanes of at least 4 members (excludes halogenated alkanes) is 1. The number of benzene rings is 3. The molecular formula is C30H32F3N3O3S. The van der Waals surface area contributed by atoms with Gasteiger partial charge in [0.2, 0.25) is 15.9 Å². The number of nitrogens with zero attached hydrogens (tertiary/aromatic N) is 1. The quantitative estimate of drug-likeness (QED) is 0.362. The number of carbonyl (C=O) groups is 1. The molecule has 1 saturated heterocycles. The highest BCUT2D eigenvalue weighted by Gasteiger charge is 2.39. The Morgan fingerprint density at radius 2 is 1.73 bits per heavy atom. The van der Waals surface area contributed by atoms with Crippen LogP contribution in [0.2, 0.25) is 0 Å². The van der Waals surface area contributed by atoms with Crippen LogP contribution in [-0.2, 0) is 21.2 Å². The van der Waals surface area contributed by atoms with Crippen molar-refractivity contribution in [1.29, 1.82) is 0 Å². The first kappa shape index (κ1) is 28.2. The number of nitrogens with one attached hydrogen (secondary N) is 2. The summed E-state index contributed by atoms with van der Waals surface area (Å²) >= 11 is 0. The molecule has 0 bridgehead atoms. The van der Waals surface area contributed by atoms with Gasteiger partial charge in [-0.15, -0.1) is 0 Å². The van der Waals surface area contributed by atoms with Crippen LogP contribution >= 0.6 is 0 Å². The van der Waals surface area contributed by atoms with Crippen LogP contribution in [0.3, 0.4) is 0 Å². The van der Waals surface area contributed by atoms with Gasteiger partial charge in [0.15, 0.2) is 0 Å². The van der Waals surface area contributed by atoms with E-state index < -0.39 is 34.6 Å². The van der Waals surface area contributed by atoms with E-state index >= 15 is 0 Å². The topological polar surface area (TPSA) is 78.5 Å². The lowest BCUT2D eigenvalue weighted by molar-refractivity contribution is -0.138. The number of alkyl halides is 3. The second-order valence-electron chi connectivity index (χ2n) is 10.3. The summed E-state index contributed by atoms with van der Waals surface area (Å²) < 4.78 is 67.7. The van der Waals surface area contributed by atoms with Crippen molar-refractivity contribution in [2.75, 3.05) is 24.5 Å². The summed E-state index contributed by atoms with van der Waals surface area (Å²) in [6.45, 7) is 1.73. The zero-order valence-electron chi connectivity index (χ0n) is 22.2. The Hall–Kier alpha value is -3.37. The molecule has 2 N–H and O–H groups in total. The van der Waals surface area contributed by atoms with Crippen LogP contribution in [0.1, 0.15) is 48.8 Å². The van der Waals surface area contributed by atoms with Gasteiger partial charge in [-0.1, -0.05) is 61.9 Å². The first-order chi connectivity index (χ1) is 19.1. The van der Waals surface area contributed by atoms with Crippen molar-refractivity contribution < 1.29 is 26.4 Å². The fraction of sp³-hybridized carbons (Fsp3) is 0.367. The summed E-state index contributed by atoms with van der Waals surface area (Å²) in [4.78, 5) is 15.6.